The zero-order valence-electron chi connectivity index (χ0n) is 15.6. The van der Waals surface area contributed by atoms with Gasteiger partial charge in [0.2, 0.25) is 0 Å². The molecule has 27 heavy (non-hydrogen) atoms. The van der Waals surface area contributed by atoms with Crippen LogP contribution in [0, 0.1) is 13.8 Å². The SMILES string of the molecule is Cc1nc(Nc2cc(Cl)ccc2C)cc(C(=O)NCCN2CCOCC2)n1. The van der Waals surface area contributed by atoms with Crippen LogP contribution in [0.25, 0.3) is 0 Å². The summed E-state index contributed by atoms with van der Waals surface area (Å²) in [5.41, 5.74) is 2.22. The molecule has 0 radical (unpaired) electrons. The van der Waals surface area contributed by atoms with E-state index in [0.29, 0.717) is 28.9 Å². The van der Waals surface area contributed by atoms with Crippen LogP contribution >= 0.6 is 11.6 Å². The van der Waals surface area contributed by atoms with Crippen molar-refractivity contribution >= 4 is 29.0 Å². The molecule has 0 saturated carbocycles. The van der Waals surface area contributed by atoms with Crippen LogP contribution in [0.3, 0.4) is 0 Å². The molecule has 1 aromatic heterocycles. The Morgan fingerprint density at radius 2 is 2.00 bits per heavy atom. The summed E-state index contributed by atoms with van der Waals surface area (Å²) in [6.45, 7) is 8.40. The van der Waals surface area contributed by atoms with Crippen molar-refractivity contribution in [2.75, 3.05) is 44.7 Å². The Kier molecular flexibility index (Phi) is 6.60. The molecule has 2 heterocycles. The number of ether oxygens (including phenoxy) is 1. The molecule has 1 aromatic carbocycles. The number of halogens is 1. The van der Waals surface area contributed by atoms with Crippen molar-refractivity contribution in [1.29, 1.82) is 0 Å². The summed E-state index contributed by atoms with van der Waals surface area (Å²) < 4.78 is 5.33. The van der Waals surface area contributed by atoms with Gasteiger partial charge < -0.3 is 15.4 Å². The van der Waals surface area contributed by atoms with E-state index in [9.17, 15) is 4.79 Å². The van der Waals surface area contributed by atoms with Gasteiger partial charge in [0.25, 0.3) is 5.91 Å². The van der Waals surface area contributed by atoms with Gasteiger partial charge in [-0.15, -0.1) is 0 Å². The van der Waals surface area contributed by atoms with E-state index < -0.39 is 0 Å². The number of hydrogen-bond acceptors (Lipinski definition) is 6. The molecule has 1 saturated heterocycles. The van der Waals surface area contributed by atoms with E-state index >= 15 is 0 Å². The first-order chi connectivity index (χ1) is 13.0. The molecule has 8 heteroatoms. The standard InChI is InChI=1S/C19H24ClN5O2/c1-13-3-4-15(20)11-16(13)24-18-12-17(22-14(2)23-18)19(26)21-5-6-25-7-9-27-10-8-25/h3-4,11-12H,5-10H2,1-2H3,(H,21,26)(H,22,23,24). The van der Waals surface area contributed by atoms with Gasteiger partial charge in [0, 0.05) is 43.0 Å². The summed E-state index contributed by atoms with van der Waals surface area (Å²) in [7, 11) is 0. The fraction of sp³-hybridized carbons (Fsp3) is 0.421. The second-order valence-corrected chi connectivity index (χ2v) is 6.92. The third kappa shape index (κ3) is 5.63. The summed E-state index contributed by atoms with van der Waals surface area (Å²) in [5.74, 6) is 0.879. The molecule has 2 aromatic rings. The maximum absolute atomic E-state index is 12.5. The molecule has 1 aliphatic heterocycles. The molecule has 3 rings (SSSR count). The lowest BCUT2D eigenvalue weighted by Crippen LogP contribution is -2.41. The first kappa shape index (κ1) is 19.5. The number of carbonyl (C=O) groups is 1. The number of nitrogens with zero attached hydrogens (tertiary/aromatic N) is 3. The minimum Gasteiger partial charge on any atom is -0.379 e. The number of benzene rings is 1. The quantitative estimate of drug-likeness (QED) is 0.790. The molecule has 0 spiro atoms. The van der Waals surface area contributed by atoms with E-state index in [4.69, 9.17) is 16.3 Å². The van der Waals surface area contributed by atoms with Crippen LogP contribution in [0.1, 0.15) is 21.9 Å². The predicted octanol–water partition coefficient (Wildman–Crippen LogP) is 2.55. The molecule has 1 fully saturated rings. The topological polar surface area (TPSA) is 79.4 Å². The van der Waals surface area contributed by atoms with E-state index in [2.05, 4.69) is 25.5 Å². The average molecular weight is 390 g/mol. The van der Waals surface area contributed by atoms with Gasteiger partial charge in [-0.2, -0.15) is 0 Å². The number of carbonyl (C=O) groups excluding carboxylic acids is 1. The number of aryl methyl sites for hydroxylation is 2. The van der Waals surface area contributed by atoms with Gasteiger partial charge in [-0.05, 0) is 31.5 Å². The highest BCUT2D eigenvalue weighted by molar-refractivity contribution is 6.30. The largest absolute Gasteiger partial charge is 0.379 e. The third-order valence-electron chi connectivity index (χ3n) is 4.35. The Morgan fingerprint density at radius 1 is 1.22 bits per heavy atom. The maximum Gasteiger partial charge on any atom is 0.270 e. The number of morpholine rings is 1. The highest BCUT2D eigenvalue weighted by atomic mass is 35.5. The molecule has 1 aliphatic rings. The lowest BCUT2D eigenvalue weighted by atomic mass is 10.2. The fourth-order valence-electron chi connectivity index (χ4n) is 2.86. The van der Waals surface area contributed by atoms with Crippen molar-refractivity contribution < 1.29 is 9.53 Å². The number of hydrogen-bond donors (Lipinski definition) is 2. The molecule has 0 unspecified atom stereocenters. The Balaban J connectivity index is 1.63. The van der Waals surface area contributed by atoms with Crippen molar-refractivity contribution in [2.24, 2.45) is 0 Å². The lowest BCUT2D eigenvalue weighted by molar-refractivity contribution is 0.0383. The van der Waals surface area contributed by atoms with Crippen molar-refractivity contribution in [3.05, 3.63) is 46.4 Å². The Bertz CT molecular complexity index is 809. The van der Waals surface area contributed by atoms with Crippen molar-refractivity contribution in [1.82, 2.24) is 20.2 Å². The summed E-state index contributed by atoms with van der Waals surface area (Å²) in [4.78, 5) is 23.4. The fourth-order valence-corrected chi connectivity index (χ4v) is 3.03. The lowest BCUT2D eigenvalue weighted by Gasteiger charge is -2.26. The van der Waals surface area contributed by atoms with E-state index in [-0.39, 0.29) is 5.91 Å². The van der Waals surface area contributed by atoms with Crippen LogP contribution in [-0.2, 0) is 4.74 Å². The first-order valence-electron chi connectivity index (χ1n) is 8.98. The van der Waals surface area contributed by atoms with Crippen LogP contribution in [0.2, 0.25) is 5.02 Å². The molecular formula is C19H24ClN5O2. The molecule has 0 aliphatic carbocycles. The van der Waals surface area contributed by atoms with E-state index in [1.807, 2.05) is 25.1 Å². The number of nitrogens with one attached hydrogen (secondary N) is 2. The van der Waals surface area contributed by atoms with E-state index in [1.165, 1.54) is 0 Å². The molecule has 2 N–H and O–H groups in total. The predicted molar refractivity (Wildman–Crippen MR) is 106 cm³/mol. The normalized spacial score (nSPS) is 14.8. The van der Waals surface area contributed by atoms with Crippen molar-refractivity contribution in [3.63, 3.8) is 0 Å². The smallest absolute Gasteiger partial charge is 0.270 e. The van der Waals surface area contributed by atoms with E-state index in [1.54, 1.807) is 13.0 Å². The van der Waals surface area contributed by atoms with Gasteiger partial charge in [-0.25, -0.2) is 9.97 Å². The van der Waals surface area contributed by atoms with Gasteiger partial charge in [0.1, 0.15) is 17.3 Å². The van der Waals surface area contributed by atoms with Crippen molar-refractivity contribution in [3.8, 4) is 0 Å². The van der Waals surface area contributed by atoms with Gasteiger partial charge in [0.15, 0.2) is 0 Å². The molecule has 0 atom stereocenters. The summed E-state index contributed by atoms with van der Waals surface area (Å²) >= 11 is 6.07. The maximum atomic E-state index is 12.5. The molecular weight excluding hydrogens is 366 g/mol. The van der Waals surface area contributed by atoms with Crippen molar-refractivity contribution in [2.45, 2.75) is 13.8 Å². The van der Waals surface area contributed by atoms with E-state index in [0.717, 1.165) is 44.1 Å². The number of aromatic nitrogens is 2. The number of anilines is 2. The minimum absolute atomic E-state index is 0.209. The first-order valence-corrected chi connectivity index (χ1v) is 9.36. The number of rotatable bonds is 6. The van der Waals surface area contributed by atoms with Gasteiger partial charge in [-0.1, -0.05) is 17.7 Å². The molecule has 7 nitrogen and oxygen atoms in total. The van der Waals surface area contributed by atoms with Crippen LogP contribution < -0.4 is 10.6 Å². The zero-order valence-corrected chi connectivity index (χ0v) is 16.3. The molecule has 1 amide bonds. The summed E-state index contributed by atoms with van der Waals surface area (Å²) in [6.07, 6.45) is 0. The second kappa shape index (κ2) is 9.12. The highest BCUT2D eigenvalue weighted by Crippen LogP contribution is 2.23. The number of amides is 1. The van der Waals surface area contributed by atoms with Crippen LogP contribution in [0.5, 0.6) is 0 Å². The highest BCUT2D eigenvalue weighted by Gasteiger charge is 2.13. The summed E-state index contributed by atoms with van der Waals surface area (Å²) in [5, 5.41) is 6.78. The Hall–Kier alpha value is -2.22. The second-order valence-electron chi connectivity index (χ2n) is 6.48. The summed E-state index contributed by atoms with van der Waals surface area (Å²) in [6, 6.07) is 7.24. The van der Waals surface area contributed by atoms with Gasteiger partial charge in [-0.3, -0.25) is 9.69 Å². The zero-order chi connectivity index (χ0) is 19.2. The monoisotopic (exact) mass is 389 g/mol. The van der Waals surface area contributed by atoms with Gasteiger partial charge in [0.05, 0.1) is 13.2 Å². The molecule has 0 bridgehead atoms. The van der Waals surface area contributed by atoms with Crippen LogP contribution in [-0.4, -0.2) is 60.2 Å². The van der Waals surface area contributed by atoms with Crippen LogP contribution in [0.4, 0.5) is 11.5 Å². The average Bonchev–Trinajstić information content (AvgIpc) is 2.65. The molecule has 144 valence electrons. The van der Waals surface area contributed by atoms with Gasteiger partial charge >= 0.3 is 0 Å². The third-order valence-corrected chi connectivity index (χ3v) is 4.59. The Morgan fingerprint density at radius 3 is 2.78 bits per heavy atom. The van der Waals surface area contributed by atoms with Crippen LogP contribution in [0.15, 0.2) is 24.3 Å². The Labute approximate surface area is 164 Å². The minimum atomic E-state index is -0.209.